The van der Waals surface area contributed by atoms with Crippen LogP contribution in [0.5, 0.6) is 0 Å². The van der Waals surface area contributed by atoms with Crippen molar-refractivity contribution in [2.75, 3.05) is 46.1 Å². The summed E-state index contributed by atoms with van der Waals surface area (Å²) in [5, 5.41) is 9.18. The number of likely N-dealkylation sites (tertiary alicyclic amines) is 1. The van der Waals surface area contributed by atoms with E-state index >= 15 is 0 Å². The van der Waals surface area contributed by atoms with Crippen LogP contribution in [-0.4, -0.2) is 79.0 Å². The first-order chi connectivity index (χ1) is 10.1. The summed E-state index contributed by atoms with van der Waals surface area (Å²) in [7, 11) is 0. The van der Waals surface area contributed by atoms with Crippen LogP contribution in [0, 0.1) is 0 Å². The third-order valence-electron chi connectivity index (χ3n) is 3.47. The minimum atomic E-state index is -0.935. The summed E-state index contributed by atoms with van der Waals surface area (Å²) >= 11 is 0. The number of aliphatic carboxylic acids is 1. The Morgan fingerprint density at radius 2 is 1.76 bits per heavy atom. The summed E-state index contributed by atoms with van der Waals surface area (Å²) in [6.45, 7) is 7.26. The van der Waals surface area contributed by atoms with Gasteiger partial charge in [-0.15, -0.1) is 0 Å². The van der Waals surface area contributed by atoms with Crippen LogP contribution in [-0.2, 0) is 14.3 Å². The SMILES string of the molecule is CCOCCN(CCOCC)C(=O)N1CCC[C@@H]1C(=O)O. The molecule has 1 heterocycles. The van der Waals surface area contributed by atoms with Crippen LogP contribution in [0.25, 0.3) is 0 Å². The number of carbonyl (C=O) groups excluding carboxylic acids is 1. The molecular weight excluding hydrogens is 276 g/mol. The van der Waals surface area contributed by atoms with Gasteiger partial charge in [0, 0.05) is 32.8 Å². The van der Waals surface area contributed by atoms with Gasteiger partial charge in [-0.1, -0.05) is 0 Å². The molecule has 7 heteroatoms. The molecule has 0 bridgehead atoms. The van der Waals surface area contributed by atoms with Gasteiger partial charge >= 0.3 is 12.0 Å². The normalized spacial score (nSPS) is 18.0. The average molecular weight is 302 g/mol. The summed E-state index contributed by atoms with van der Waals surface area (Å²) < 4.78 is 10.6. The number of urea groups is 1. The Kier molecular flexibility index (Phi) is 8.07. The maximum Gasteiger partial charge on any atom is 0.326 e. The highest BCUT2D eigenvalue weighted by molar-refractivity contribution is 5.83. The Balaban J connectivity index is 2.61. The van der Waals surface area contributed by atoms with Crippen LogP contribution in [0.2, 0.25) is 0 Å². The molecule has 0 aromatic heterocycles. The first-order valence-electron chi connectivity index (χ1n) is 7.55. The molecule has 0 aromatic rings. The van der Waals surface area contributed by atoms with Crippen LogP contribution in [0.3, 0.4) is 0 Å². The predicted octanol–water partition coefficient (Wildman–Crippen LogP) is 1.03. The summed E-state index contributed by atoms with van der Waals surface area (Å²) in [5.74, 6) is -0.935. The smallest absolute Gasteiger partial charge is 0.326 e. The Hall–Kier alpha value is -1.34. The second-order valence-electron chi connectivity index (χ2n) is 4.85. The van der Waals surface area contributed by atoms with E-state index in [2.05, 4.69) is 0 Å². The zero-order valence-electron chi connectivity index (χ0n) is 12.9. The average Bonchev–Trinajstić information content (AvgIpc) is 2.95. The molecular formula is C14H26N2O5. The van der Waals surface area contributed by atoms with Gasteiger partial charge in [0.25, 0.3) is 0 Å². The van der Waals surface area contributed by atoms with Crippen molar-refractivity contribution in [2.24, 2.45) is 0 Å². The fourth-order valence-corrected chi connectivity index (χ4v) is 2.38. The van der Waals surface area contributed by atoms with Crippen LogP contribution in [0.15, 0.2) is 0 Å². The van der Waals surface area contributed by atoms with Crippen LogP contribution < -0.4 is 0 Å². The van der Waals surface area contributed by atoms with Crippen molar-refractivity contribution in [2.45, 2.75) is 32.7 Å². The summed E-state index contributed by atoms with van der Waals surface area (Å²) in [4.78, 5) is 26.8. The van der Waals surface area contributed by atoms with Gasteiger partial charge in [0.1, 0.15) is 6.04 Å². The lowest BCUT2D eigenvalue weighted by atomic mass is 10.2. The minimum absolute atomic E-state index is 0.237. The van der Waals surface area contributed by atoms with Gasteiger partial charge in [0.15, 0.2) is 0 Å². The predicted molar refractivity (Wildman–Crippen MR) is 77.3 cm³/mol. The van der Waals surface area contributed by atoms with E-state index in [1.165, 1.54) is 4.90 Å². The molecule has 0 saturated carbocycles. The van der Waals surface area contributed by atoms with Gasteiger partial charge in [0.2, 0.25) is 0 Å². The quantitative estimate of drug-likeness (QED) is 0.644. The maximum atomic E-state index is 12.5. The van der Waals surface area contributed by atoms with E-state index in [-0.39, 0.29) is 6.03 Å². The molecule has 7 nitrogen and oxygen atoms in total. The highest BCUT2D eigenvalue weighted by atomic mass is 16.5. The fourth-order valence-electron chi connectivity index (χ4n) is 2.38. The number of carbonyl (C=O) groups is 2. The number of hydrogen-bond acceptors (Lipinski definition) is 4. The standard InChI is InChI=1S/C14H26N2O5/c1-3-20-10-8-15(9-11-21-4-2)14(19)16-7-5-6-12(16)13(17)18/h12H,3-11H2,1-2H3,(H,17,18)/t12-/m1/s1. The molecule has 0 aromatic carbocycles. The van der Waals surface area contributed by atoms with Crippen molar-refractivity contribution in [3.63, 3.8) is 0 Å². The van der Waals surface area contributed by atoms with Gasteiger partial charge in [-0.05, 0) is 26.7 Å². The van der Waals surface area contributed by atoms with E-state index in [0.717, 1.165) is 6.42 Å². The van der Waals surface area contributed by atoms with Crippen LogP contribution >= 0.6 is 0 Å². The van der Waals surface area contributed by atoms with Crippen LogP contribution in [0.1, 0.15) is 26.7 Å². The first kappa shape index (κ1) is 17.7. The van der Waals surface area contributed by atoms with Crippen LogP contribution in [0.4, 0.5) is 4.79 Å². The molecule has 1 saturated heterocycles. The molecule has 122 valence electrons. The number of amides is 2. The van der Waals surface area contributed by atoms with Crippen molar-refractivity contribution in [1.82, 2.24) is 9.80 Å². The Bertz CT molecular complexity index is 327. The summed E-state index contributed by atoms with van der Waals surface area (Å²) in [5.41, 5.74) is 0. The van der Waals surface area contributed by atoms with Gasteiger partial charge in [-0.2, -0.15) is 0 Å². The molecule has 1 aliphatic heterocycles. The molecule has 1 N–H and O–H groups in total. The second kappa shape index (κ2) is 9.57. The Morgan fingerprint density at radius 1 is 1.19 bits per heavy atom. The van der Waals surface area contributed by atoms with E-state index in [1.54, 1.807) is 4.90 Å². The zero-order valence-corrected chi connectivity index (χ0v) is 12.9. The van der Waals surface area contributed by atoms with Gasteiger partial charge < -0.3 is 24.4 Å². The molecule has 0 radical (unpaired) electrons. The molecule has 1 aliphatic rings. The minimum Gasteiger partial charge on any atom is -0.480 e. The number of hydrogen-bond donors (Lipinski definition) is 1. The topological polar surface area (TPSA) is 79.3 Å². The van der Waals surface area contributed by atoms with E-state index < -0.39 is 12.0 Å². The number of ether oxygens (including phenoxy) is 2. The van der Waals surface area contributed by atoms with Crippen molar-refractivity contribution in [1.29, 1.82) is 0 Å². The van der Waals surface area contributed by atoms with Gasteiger partial charge in [0.05, 0.1) is 13.2 Å². The van der Waals surface area contributed by atoms with E-state index in [4.69, 9.17) is 9.47 Å². The lowest BCUT2D eigenvalue weighted by Crippen LogP contribution is -2.49. The zero-order chi connectivity index (χ0) is 15.7. The van der Waals surface area contributed by atoms with Gasteiger partial charge in [-0.3, -0.25) is 0 Å². The van der Waals surface area contributed by atoms with E-state index in [9.17, 15) is 14.7 Å². The van der Waals surface area contributed by atoms with Crippen molar-refractivity contribution in [3.8, 4) is 0 Å². The fraction of sp³-hybridized carbons (Fsp3) is 0.857. The van der Waals surface area contributed by atoms with Crippen molar-refractivity contribution < 1.29 is 24.2 Å². The van der Waals surface area contributed by atoms with Gasteiger partial charge in [-0.25, -0.2) is 9.59 Å². The van der Waals surface area contributed by atoms with E-state index in [0.29, 0.717) is 52.5 Å². The third kappa shape index (κ3) is 5.51. The molecule has 1 atom stereocenters. The second-order valence-corrected chi connectivity index (χ2v) is 4.85. The molecule has 2 amide bonds. The molecule has 21 heavy (non-hydrogen) atoms. The first-order valence-corrected chi connectivity index (χ1v) is 7.55. The third-order valence-corrected chi connectivity index (χ3v) is 3.47. The molecule has 0 unspecified atom stereocenters. The monoisotopic (exact) mass is 302 g/mol. The lowest BCUT2D eigenvalue weighted by molar-refractivity contribution is -0.141. The number of carboxylic acids is 1. The summed E-state index contributed by atoms with van der Waals surface area (Å²) in [6, 6.07) is -0.946. The van der Waals surface area contributed by atoms with Crippen molar-refractivity contribution >= 4 is 12.0 Å². The van der Waals surface area contributed by atoms with E-state index in [1.807, 2.05) is 13.8 Å². The number of rotatable bonds is 9. The van der Waals surface area contributed by atoms with Crippen molar-refractivity contribution in [3.05, 3.63) is 0 Å². The largest absolute Gasteiger partial charge is 0.480 e. The summed E-state index contributed by atoms with van der Waals surface area (Å²) in [6.07, 6.45) is 1.25. The molecule has 0 spiro atoms. The Labute approximate surface area is 125 Å². The maximum absolute atomic E-state index is 12.5. The molecule has 0 aliphatic carbocycles. The number of carboxylic acid groups (broad SMARTS) is 1. The number of nitrogens with zero attached hydrogens (tertiary/aromatic N) is 2. The molecule has 1 rings (SSSR count). The Morgan fingerprint density at radius 3 is 2.24 bits per heavy atom. The highest BCUT2D eigenvalue weighted by Crippen LogP contribution is 2.19. The lowest BCUT2D eigenvalue weighted by Gasteiger charge is -2.30. The highest BCUT2D eigenvalue weighted by Gasteiger charge is 2.36. The molecule has 1 fully saturated rings.